The summed E-state index contributed by atoms with van der Waals surface area (Å²) in [6.45, 7) is 0.379. The van der Waals surface area contributed by atoms with Gasteiger partial charge in [0.15, 0.2) is 11.6 Å². The maximum atomic E-state index is 13.6. The van der Waals surface area contributed by atoms with E-state index in [4.69, 9.17) is 0 Å². The van der Waals surface area contributed by atoms with Gasteiger partial charge in [-0.1, -0.05) is 0 Å². The summed E-state index contributed by atoms with van der Waals surface area (Å²) in [6.07, 6.45) is 1.55. The Morgan fingerprint density at radius 2 is 1.61 bits per heavy atom. The molecule has 0 radical (unpaired) electrons. The number of Topliss-reactive ketones (excluding diaryl/α,β-unsaturated/α-hetero) is 2. The van der Waals surface area contributed by atoms with Gasteiger partial charge in [-0.25, -0.2) is 8.78 Å². The van der Waals surface area contributed by atoms with E-state index >= 15 is 0 Å². The third kappa shape index (κ3) is 1.30. The molecule has 0 aromatic heterocycles. The Hall–Kier alpha value is -2.17. The molecule has 0 saturated heterocycles. The van der Waals surface area contributed by atoms with E-state index in [1.165, 1.54) is 6.21 Å². The Balaban J connectivity index is 2.34. The average Bonchev–Trinajstić information content (AvgIpc) is 2.38. The van der Waals surface area contributed by atoms with E-state index in [0.29, 0.717) is 6.54 Å². The number of dihydropyridines is 1. The molecule has 3 rings (SSSR count). The standard InChI is InChI=1S/C13H7F2NO2/c14-8-1-2-9(15)11-10(8)12(17)6-3-4-16-5-7(6)13(11)18/h1-2,5H,3-4H2. The molecule has 0 N–H and O–H groups in total. The highest BCUT2D eigenvalue weighted by molar-refractivity contribution is 6.34. The van der Waals surface area contributed by atoms with E-state index < -0.39 is 34.3 Å². The second kappa shape index (κ2) is 3.66. The van der Waals surface area contributed by atoms with E-state index in [1.807, 2.05) is 0 Å². The summed E-state index contributed by atoms with van der Waals surface area (Å²) in [4.78, 5) is 28.1. The lowest BCUT2D eigenvalue weighted by molar-refractivity contribution is 0.0969. The smallest absolute Gasteiger partial charge is 0.198 e. The third-order valence-corrected chi connectivity index (χ3v) is 3.11. The van der Waals surface area contributed by atoms with E-state index in [9.17, 15) is 18.4 Å². The lowest BCUT2D eigenvalue weighted by atomic mass is 9.81. The van der Waals surface area contributed by atoms with E-state index in [1.54, 1.807) is 0 Å². The molecule has 3 nitrogen and oxygen atoms in total. The van der Waals surface area contributed by atoms with Gasteiger partial charge in [0.1, 0.15) is 11.6 Å². The number of nitrogens with zero attached hydrogens (tertiary/aromatic N) is 1. The van der Waals surface area contributed by atoms with Gasteiger partial charge >= 0.3 is 0 Å². The van der Waals surface area contributed by atoms with Gasteiger partial charge < -0.3 is 0 Å². The summed E-state index contributed by atoms with van der Waals surface area (Å²) >= 11 is 0. The van der Waals surface area contributed by atoms with Crippen molar-refractivity contribution in [2.24, 2.45) is 4.99 Å². The number of benzene rings is 1. The molecule has 1 aromatic rings. The number of rotatable bonds is 0. The fourth-order valence-electron chi connectivity index (χ4n) is 2.26. The lowest BCUT2D eigenvalue weighted by Gasteiger charge is -2.21. The Morgan fingerprint density at radius 3 is 2.28 bits per heavy atom. The molecule has 2 aliphatic rings. The van der Waals surface area contributed by atoms with Crippen LogP contribution >= 0.6 is 0 Å². The summed E-state index contributed by atoms with van der Waals surface area (Å²) in [5, 5.41) is 0. The molecule has 5 heteroatoms. The van der Waals surface area contributed by atoms with Crippen molar-refractivity contribution >= 4 is 17.8 Å². The number of ketones is 2. The number of hydrogen-bond donors (Lipinski definition) is 0. The molecule has 1 heterocycles. The second-order valence-corrected chi connectivity index (χ2v) is 4.11. The van der Waals surface area contributed by atoms with Gasteiger partial charge in [-0.05, 0) is 18.6 Å². The second-order valence-electron chi connectivity index (χ2n) is 4.11. The lowest BCUT2D eigenvalue weighted by Crippen LogP contribution is -2.27. The topological polar surface area (TPSA) is 46.5 Å². The molecule has 0 unspecified atom stereocenters. The molecular formula is C13H7F2NO2. The fourth-order valence-corrected chi connectivity index (χ4v) is 2.26. The number of carbonyl (C=O) groups is 2. The first-order valence-corrected chi connectivity index (χ1v) is 5.41. The number of carbonyl (C=O) groups excluding carboxylic acids is 2. The van der Waals surface area contributed by atoms with Gasteiger partial charge in [-0.2, -0.15) is 0 Å². The molecule has 1 aliphatic carbocycles. The molecular weight excluding hydrogens is 240 g/mol. The van der Waals surface area contributed by atoms with Gasteiger partial charge in [0.2, 0.25) is 0 Å². The highest BCUT2D eigenvalue weighted by Crippen LogP contribution is 2.32. The molecule has 18 heavy (non-hydrogen) atoms. The van der Waals surface area contributed by atoms with Crippen LogP contribution in [0.5, 0.6) is 0 Å². The fraction of sp³-hybridized carbons (Fsp3) is 0.154. The molecule has 1 aliphatic heterocycles. The highest BCUT2D eigenvalue weighted by atomic mass is 19.1. The van der Waals surface area contributed by atoms with Crippen LogP contribution < -0.4 is 0 Å². The van der Waals surface area contributed by atoms with Gasteiger partial charge in [-0.15, -0.1) is 0 Å². The van der Waals surface area contributed by atoms with Crippen LogP contribution in [0.3, 0.4) is 0 Å². The van der Waals surface area contributed by atoms with E-state index in [2.05, 4.69) is 4.99 Å². The molecule has 1 aromatic carbocycles. The van der Waals surface area contributed by atoms with Crippen LogP contribution in [0, 0.1) is 11.6 Å². The Morgan fingerprint density at radius 1 is 1.00 bits per heavy atom. The minimum Gasteiger partial charge on any atom is -0.292 e. The first-order chi connectivity index (χ1) is 8.61. The first kappa shape index (κ1) is 11.0. The highest BCUT2D eigenvalue weighted by Gasteiger charge is 2.36. The monoisotopic (exact) mass is 247 g/mol. The van der Waals surface area contributed by atoms with Crippen LogP contribution in [-0.2, 0) is 0 Å². The van der Waals surface area contributed by atoms with Crippen molar-refractivity contribution in [3.05, 3.63) is 46.0 Å². The van der Waals surface area contributed by atoms with Gasteiger partial charge in [0.25, 0.3) is 0 Å². The van der Waals surface area contributed by atoms with Crippen molar-refractivity contribution in [3.63, 3.8) is 0 Å². The van der Waals surface area contributed by atoms with Crippen molar-refractivity contribution in [1.82, 2.24) is 0 Å². The van der Waals surface area contributed by atoms with Crippen molar-refractivity contribution in [1.29, 1.82) is 0 Å². The van der Waals surface area contributed by atoms with Crippen LogP contribution in [0.4, 0.5) is 8.78 Å². The number of fused-ring (bicyclic) bond motifs is 1. The van der Waals surface area contributed by atoms with Crippen LogP contribution in [0.25, 0.3) is 0 Å². The van der Waals surface area contributed by atoms with Gasteiger partial charge in [0.05, 0.1) is 11.1 Å². The van der Waals surface area contributed by atoms with Crippen molar-refractivity contribution in [3.8, 4) is 0 Å². The summed E-state index contributed by atoms with van der Waals surface area (Å²) in [5.41, 5.74) is -0.614. The van der Waals surface area contributed by atoms with Gasteiger partial charge in [0, 0.05) is 23.9 Å². The Bertz CT molecular complexity index is 659. The predicted molar refractivity (Wildman–Crippen MR) is 60.0 cm³/mol. The number of allylic oxidation sites excluding steroid dienone is 1. The minimum atomic E-state index is -0.879. The van der Waals surface area contributed by atoms with Crippen LogP contribution in [0.1, 0.15) is 27.1 Å². The normalized spacial score (nSPS) is 17.9. The number of hydrogen-bond acceptors (Lipinski definition) is 3. The first-order valence-electron chi connectivity index (χ1n) is 5.41. The SMILES string of the molecule is O=C1C2=C(CCN=C2)C(=O)c2c(F)ccc(F)c21. The van der Waals surface area contributed by atoms with Gasteiger partial charge in [-0.3, -0.25) is 14.6 Å². The average molecular weight is 247 g/mol. The Kier molecular flexibility index (Phi) is 2.23. The maximum absolute atomic E-state index is 13.6. The number of halogens is 2. The summed E-state index contributed by atoms with van der Waals surface area (Å²) in [5.74, 6) is -3.02. The quantitative estimate of drug-likeness (QED) is 0.704. The zero-order chi connectivity index (χ0) is 12.9. The number of aliphatic imine (C=N–C) groups is 1. The third-order valence-electron chi connectivity index (χ3n) is 3.11. The van der Waals surface area contributed by atoms with E-state index in [-0.39, 0.29) is 17.6 Å². The minimum absolute atomic E-state index is 0.0863. The van der Waals surface area contributed by atoms with E-state index in [0.717, 1.165) is 12.1 Å². The van der Waals surface area contributed by atoms with Crippen LogP contribution in [-0.4, -0.2) is 24.3 Å². The molecule has 0 spiro atoms. The zero-order valence-electron chi connectivity index (χ0n) is 9.17. The predicted octanol–water partition coefficient (Wildman–Crippen LogP) is 2.11. The zero-order valence-corrected chi connectivity index (χ0v) is 9.17. The summed E-state index contributed by atoms with van der Waals surface area (Å²) in [6, 6.07) is 1.71. The summed E-state index contributed by atoms with van der Waals surface area (Å²) in [7, 11) is 0. The van der Waals surface area contributed by atoms with Crippen LogP contribution in [0.15, 0.2) is 28.3 Å². The van der Waals surface area contributed by atoms with Crippen LogP contribution in [0.2, 0.25) is 0 Å². The van der Waals surface area contributed by atoms with Crippen molar-refractivity contribution in [2.75, 3.05) is 6.54 Å². The Labute approximate surface area is 101 Å². The maximum Gasteiger partial charge on any atom is 0.198 e. The molecule has 0 fully saturated rings. The molecule has 0 atom stereocenters. The molecule has 0 saturated carbocycles. The van der Waals surface area contributed by atoms with Crippen molar-refractivity contribution < 1.29 is 18.4 Å². The molecule has 90 valence electrons. The molecule has 0 bridgehead atoms. The molecule has 0 amide bonds. The largest absolute Gasteiger partial charge is 0.292 e. The summed E-state index contributed by atoms with van der Waals surface area (Å²) < 4.78 is 27.3. The van der Waals surface area contributed by atoms with Crippen molar-refractivity contribution in [2.45, 2.75) is 6.42 Å².